The summed E-state index contributed by atoms with van der Waals surface area (Å²) in [5.41, 5.74) is 1.85. The van der Waals surface area contributed by atoms with E-state index in [2.05, 4.69) is 20.3 Å². The maximum atomic E-state index is 12.3. The van der Waals surface area contributed by atoms with Gasteiger partial charge in [-0.15, -0.1) is 0 Å². The van der Waals surface area contributed by atoms with E-state index in [0.29, 0.717) is 6.42 Å². The molecule has 0 aliphatic rings. The number of rotatable bonds is 6. The van der Waals surface area contributed by atoms with Crippen molar-refractivity contribution in [3.05, 3.63) is 67.0 Å². The first-order chi connectivity index (χ1) is 11.7. The summed E-state index contributed by atoms with van der Waals surface area (Å²) >= 11 is 0. The molecule has 0 fully saturated rings. The number of imidazole rings is 1. The fourth-order valence-electron chi connectivity index (χ4n) is 2.56. The monoisotopic (exact) mass is 321 g/mol. The largest absolute Gasteiger partial charge is 0.352 e. The summed E-state index contributed by atoms with van der Waals surface area (Å²) in [5.74, 6) is 0.730. The molecule has 0 radical (unpaired) electrons. The van der Waals surface area contributed by atoms with Gasteiger partial charge in [0.15, 0.2) is 0 Å². The Bertz CT molecular complexity index is 785. The first-order valence-electron chi connectivity index (χ1n) is 7.83. The highest BCUT2D eigenvalue weighted by Gasteiger charge is 2.12. The van der Waals surface area contributed by atoms with E-state index >= 15 is 0 Å². The van der Waals surface area contributed by atoms with Crippen LogP contribution in [0.4, 0.5) is 0 Å². The number of benzene rings is 1. The van der Waals surface area contributed by atoms with Crippen molar-refractivity contribution in [3.8, 4) is 11.4 Å². The minimum absolute atomic E-state index is 0.0158. The Balaban J connectivity index is 1.61. The van der Waals surface area contributed by atoms with Crippen molar-refractivity contribution in [1.29, 1.82) is 0 Å². The third-order valence-corrected chi connectivity index (χ3v) is 3.60. The van der Waals surface area contributed by atoms with Gasteiger partial charge in [0.25, 0.3) is 0 Å². The molecule has 24 heavy (non-hydrogen) atoms. The molecule has 0 unspecified atom stereocenters. The van der Waals surface area contributed by atoms with Gasteiger partial charge in [-0.05, 0) is 6.92 Å². The summed E-state index contributed by atoms with van der Waals surface area (Å²) in [7, 11) is 0. The molecular formula is C18H19N5O. The van der Waals surface area contributed by atoms with Gasteiger partial charge in [0, 0.05) is 49.0 Å². The molecule has 1 atom stereocenters. The second-order valence-corrected chi connectivity index (χ2v) is 5.61. The van der Waals surface area contributed by atoms with Crippen LogP contribution in [0.5, 0.6) is 0 Å². The number of aromatic nitrogens is 4. The highest BCUT2D eigenvalue weighted by Crippen LogP contribution is 2.16. The first-order valence-corrected chi connectivity index (χ1v) is 7.83. The van der Waals surface area contributed by atoms with Crippen LogP contribution in [-0.2, 0) is 17.8 Å². The zero-order valence-electron chi connectivity index (χ0n) is 13.5. The summed E-state index contributed by atoms with van der Waals surface area (Å²) in [5, 5.41) is 2.99. The molecule has 0 bridgehead atoms. The van der Waals surface area contributed by atoms with Crippen molar-refractivity contribution in [2.45, 2.75) is 25.9 Å². The second-order valence-electron chi connectivity index (χ2n) is 5.61. The Kier molecular flexibility index (Phi) is 4.96. The fourth-order valence-corrected chi connectivity index (χ4v) is 2.56. The molecular weight excluding hydrogens is 302 g/mol. The SMILES string of the molecule is C[C@H](Cc1cnccn1)NC(=O)Cn1ccnc1-c1ccccc1. The summed E-state index contributed by atoms with van der Waals surface area (Å²) in [6, 6.07) is 9.81. The van der Waals surface area contributed by atoms with E-state index in [9.17, 15) is 4.79 Å². The molecule has 3 rings (SSSR count). The second kappa shape index (κ2) is 7.50. The van der Waals surface area contributed by atoms with Gasteiger partial charge < -0.3 is 9.88 Å². The number of carbonyl (C=O) groups excluding carboxylic acids is 1. The molecule has 0 spiro atoms. The van der Waals surface area contributed by atoms with Crippen LogP contribution in [0.15, 0.2) is 61.3 Å². The Morgan fingerprint density at radius 3 is 2.75 bits per heavy atom. The first kappa shape index (κ1) is 15.9. The smallest absolute Gasteiger partial charge is 0.240 e. The number of nitrogens with one attached hydrogen (secondary N) is 1. The van der Waals surface area contributed by atoms with Gasteiger partial charge >= 0.3 is 0 Å². The molecule has 0 aliphatic heterocycles. The van der Waals surface area contributed by atoms with E-state index < -0.39 is 0 Å². The minimum atomic E-state index is -0.0541. The van der Waals surface area contributed by atoms with Crippen LogP contribution >= 0.6 is 0 Å². The van der Waals surface area contributed by atoms with Crippen LogP contribution < -0.4 is 5.32 Å². The van der Waals surface area contributed by atoms with Crippen LogP contribution in [0.25, 0.3) is 11.4 Å². The fraction of sp³-hybridized carbons (Fsp3) is 0.222. The van der Waals surface area contributed by atoms with Crippen molar-refractivity contribution in [1.82, 2.24) is 24.8 Å². The van der Waals surface area contributed by atoms with Crippen LogP contribution in [0, 0.1) is 0 Å². The third-order valence-electron chi connectivity index (χ3n) is 3.60. The van der Waals surface area contributed by atoms with E-state index in [0.717, 1.165) is 17.1 Å². The summed E-state index contributed by atoms with van der Waals surface area (Å²) in [6.45, 7) is 2.19. The van der Waals surface area contributed by atoms with E-state index in [4.69, 9.17) is 0 Å². The van der Waals surface area contributed by atoms with Gasteiger partial charge in [-0.2, -0.15) is 0 Å². The van der Waals surface area contributed by atoms with Gasteiger partial charge in [-0.1, -0.05) is 30.3 Å². The molecule has 1 amide bonds. The summed E-state index contributed by atoms with van der Waals surface area (Å²) in [6.07, 6.45) is 9.17. The lowest BCUT2D eigenvalue weighted by molar-refractivity contribution is -0.122. The average Bonchev–Trinajstić information content (AvgIpc) is 3.04. The predicted octanol–water partition coefficient (Wildman–Crippen LogP) is 2.09. The van der Waals surface area contributed by atoms with Gasteiger partial charge in [0.2, 0.25) is 5.91 Å². The van der Waals surface area contributed by atoms with Crippen molar-refractivity contribution < 1.29 is 4.79 Å². The van der Waals surface area contributed by atoms with Gasteiger partial charge in [0.1, 0.15) is 12.4 Å². The van der Waals surface area contributed by atoms with Gasteiger partial charge in [-0.25, -0.2) is 4.98 Å². The molecule has 0 aliphatic carbocycles. The Morgan fingerprint density at radius 1 is 1.17 bits per heavy atom. The normalized spacial score (nSPS) is 11.9. The average molecular weight is 321 g/mol. The molecule has 2 heterocycles. The molecule has 1 N–H and O–H groups in total. The van der Waals surface area contributed by atoms with Crippen LogP contribution in [0.3, 0.4) is 0 Å². The van der Waals surface area contributed by atoms with Crippen LogP contribution in [0.1, 0.15) is 12.6 Å². The minimum Gasteiger partial charge on any atom is -0.352 e. The Labute approximate surface area is 140 Å². The lowest BCUT2D eigenvalue weighted by atomic mass is 10.2. The maximum Gasteiger partial charge on any atom is 0.240 e. The standard InChI is InChI=1S/C18H19N5O/c1-14(11-16-12-19-7-8-20-16)22-17(24)13-23-10-9-21-18(23)15-5-3-2-4-6-15/h2-10,12,14H,11,13H2,1H3,(H,22,24)/t14-/m1/s1. The molecule has 0 saturated heterocycles. The van der Waals surface area contributed by atoms with Gasteiger partial charge in [-0.3, -0.25) is 14.8 Å². The number of amides is 1. The lowest BCUT2D eigenvalue weighted by Crippen LogP contribution is -2.36. The molecule has 0 saturated carbocycles. The van der Waals surface area contributed by atoms with Crippen molar-refractivity contribution in [2.75, 3.05) is 0 Å². The van der Waals surface area contributed by atoms with Crippen molar-refractivity contribution >= 4 is 5.91 Å². The lowest BCUT2D eigenvalue weighted by Gasteiger charge is -2.14. The number of nitrogens with zero attached hydrogens (tertiary/aromatic N) is 4. The maximum absolute atomic E-state index is 12.3. The number of carbonyl (C=O) groups is 1. The van der Waals surface area contributed by atoms with E-state index in [1.165, 1.54) is 0 Å². The Morgan fingerprint density at radius 2 is 2.00 bits per heavy atom. The molecule has 2 aromatic heterocycles. The van der Waals surface area contributed by atoms with Crippen LogP contribution in [0.2, 0.25) is 0 Å². The van der Waals surface area contributed by atoms with Crippen LogP contribution in [-0.4, -0.2) is 31.5 Å². The predicted molar refractivity (Wildman–Crippen MR) is 91.0 cm³/mol. The highest BCUT2D eigenvalue weighted by atomic mass is 16.2. The van der Waals surface area contributed by atoms with E-state index in [1.54, 1.807) is 24.8 Å². The Hall–Kier alpha value is -3.02. The molecule has 6 heteroatoms. The number of hydrogen-bond acceptors (Lipinski definition) is 4. The highest BCUT2D eigenvalue weighted by molar-refractivity contribution is 5.76. The summed E-state index contributed by atoms with van der Waals surface area (Å²) < 4.78 is 1.85. The van der Waals surface area contributed by atoms with E-state index in [1.807, 2.05) is 48.0 Å². The quantitative estimate of drug-likeness (QED) is 0.754. The topological polar surface area (TPSA) is 72.7 Å². The van der Waals surface area contributed by atoms with Gasteiger partial charge in [0.05, 0.1) is 5.69 Å². The van der Waals surface area contributed by atoms with E-state index in [-0.39, 0.29) is 18.5 Å². The zero-order chi connectivity index (χ0) is 16.8. The van der Waals surface area contributed by atoms with Crippen molar-refractivity contribution in [2.24, 2.45) is 0 Å². The summed E-state index contributed by atoms with van der Waals surface area (Å²) in [4.78, 5) is 24.9. The van der Waals surface area contributed by atoms with Crippen molar-refractivity contribution in [3.63, 3.8) is 0 Å². The molecule has 122 valence electrons. The molecule has 3 aromatic rings. The zero-order valence-corrected chi connectivity index (χ0v) is 13.5. The third kappa shape index (κ3) is 4.04. The molecule has 1 aromatic carbocycles. The number of hydrogen-bond donors (Lipinski definition) is 1. The molecule has 6 nitrogen and oxygen atoms in total.